The van der Waals surface area contributed by atoms with Crippen LogP contribution in [0, 0.1) is 0 Å². The molecule has 0 atom stereocenters. The Morgan fingerprint density at radius 1 is 1.00 bits per heavy atom. The molecule has 0 aliphatic carbocycles. The number of benzene rings is 1. The van der Waals surface area contributed by atoms with Crippen LogP contribution in [0.25, 0.3) is 0 Å². The van der Waals surface area contributed by atoms with Crippen LogP contribution in [0.3, 0.4) is 0 Å². The average Bonchev–Trinajstić information content (AvgIpc) is 2.56. The molecule has 1 aromatic carbocycles. The first-order valence-electron chi connectivity index (χ1n) is 6.99. The summed E-state index contributed by atoms with van der Waals surface area (Å²) in [6.07, 6.45) is 10.7. The van der Waals surface area contributed by atoms with Gasteiger partial charge in [0.05, 0.1) is 0 Å². The lowest BCUT2D eigenvalue weighted by Crippen LogP contribution is -2.42. The maximum Gasteiger partial charge on any atom is 0.0419 e. The predicted octanol–water partition coefficient (Wildman–Crippen LogP) is 2.55. The first kappa shape index (κ1) is 13.4. The molecule has 106 valence electrons. The summed E-state index contributed by atoms with van der Waals surface area (Å²) >= 11 is 0. The highest BCUT2D eigenvalue weighted by Gasteiger charge is 2.04. The number of nitrogens with zero attached hydrogens (tertiary/aromatic N) is 2. The normalized spacial score (nSPS) is 13.7. The molecule has 4 nitrogen and oxygen atoms in total. The Balaban J connectivity index is 1.49. The van der Waals surface area contributed by atoms with Gasteiger partial charge in [-0.3, -0.25) is 10.4 Å². The number of allylic oxidation sites excluding steroid dienone is 2. The number of hydrogen-bond donors (Lipinski definition) is 2. The van der Waals surface area contributed by atoms with Gasteiger partial charge >= 0.3 is 0 Å². The van der Waals surface area contributed by atoms with E-state index in [1.165, 1.54) is 16.7 Å². The van der Waals surface area contributed by atoms with Crippen molar-refractivity contribution >= 4 is 0 Å². The molecule has 21 heavy (non-hydrogen) atoms. The lowest BCUT2D eigenvalue weighted by Gasteiger charge is -2.25. The third kappa shape index (κ3) is 3.94. The summed E-state index contributed by atoms with van der Waals surface area (Å²) in [4.78, 5) is 4.03. The van der Waals surface area contributed by atoms with Gasteiger partial charge in [0, 0.05) is 31.3 Å². The molecule has 1 aromatic heterocycles. The molecule has 2 N–H and O–H groups in total. The van der Waals surface area contributed by atoms with Crippen molar-refractivity contribution in [1.29, 1.82) is 0 Å². The third-order valence-corrected chi connectivity index (χ3v) is 3.28. The highest BCUT2D eigenvalue weighted by molar-refractivity contribution is 5.28. The van der Waals surface area contributed by atoms with Crippen LogP contribution in [0.15, 0.2) is 78.9 Å². The van der Waals surface area contributed by atoms with Crippen molar-refractivity contribution in [3.8, 4) is 0 Å². The van der Waals surface area contributed by atoms with E-state index in [-0.39, 0.29) is 0 Å². The van der Waals surface area contributed by atoms with E-state index < -0.39 is 0 Å². The minimum absolute atomic E-state index is 0.783. The Morgan fingerprint density at radius 2 is 1.81 bits per heavy atom. The Kier molecular flexibility index (Phi) is 4.29. The highest BCUT2D eigenvalue weighted by atomic mass is 15.7. The van der Waals surface area contributed by atoms with Crippen LogP contribution in [0.1, 0.15) is 11.1 Å². The van der Waals surface area contributed by atoms with E-state index in [4.69, 9.17) is 0 Å². The molecule has 4 heteroatoms. The summed E-state index contributed by atoms with van der Waals surface area (Å²) < 4.78 is 0. The van der Waals surface area contributed by atoms with Gasteiger partial charge < -0.3 is 0 Å². The minimum atomic E-state index is 0.783. The van der Waals surface area contributed by atoms with Crippen molar-refractivity contribution in [2.45, 2.75) is 13.0 Å². The molecule has 2 heterocycles. The summed E-state index contributed by atoms with van der Waals surface area (Å²) in [7, 11) is 0. The van der Waals surface area contributed by atoms with Crippen LogP contribution < -0.4 is 10.9 Å². The molecule has 0 fully saturated rings. The Hall–Kier alpha value is -2.59. The van der Waals surface area contributed by atoms with Gasteiger partial charge in [-0.2, -0.15) is 0 Å². The maximum absolute atomic E-state index is 4.03. The molecule has 0 amide bonds. The number of aromatic nitrogens is 1. The van der Waals surface area contributed by atoms with Gasteiger partial charge in [-0.15, -0.1) is 0 Å². The molecule has 1 aliphatic heterocycles. The van der Waals surface area contributed by atoms with Crippen LogP contribution in [0.4, 0.5) is 0 Å². The van der Waals surface area contributed by atoms with Gasteiger partial charge in [0.15, 0.2) is 0 Å². The Labute approximate surface area is 124 Å². The highest BCUT2D eigenvalue weighted by Crippen LogP contribution is 2.10. The van der Waals surface area contributed by atoms with E-state index >= 15 is 0 Å². The summed E-state index contributed by atoms with van der Waals surface area (Å²) in [5, 5.41) is 1.86. The Bertz CT molecular complexity index is 620. The zero-order valence-electron chi connectivity index (χ0n) is 11.7. The summed E-state index contributed by atoms with van der Waals surface area (Å²) in [5.41, 5.74) is 10.3. The van der Waals surface area contributed by atoms with Crippen molar-refractivity contribution in [3.05, 3.63) is 90.0 Å². The molecule has 2 aromatic rings. The second-order valence-electron chi connectivity index (χ2n) is 4.89. The number of pyridine rings is 1. The largest absolute Gasteiger partial charge is 0.292 e. The lowest BCUT2D eigenvalue weighted by molar-refractivity contribution is 0.211. The van der Waals surface area contributed by atoms with E-state index in [0.717, 1.165) is 13.0 Å². The van der Waals surface area contributed by atoms with Crippen molar-refractivity contribution < 1.29 is 0 Å². The van der Waals surface area contributed by atoms with Crippen LogP contribution in [0.5, 0.6) is 0 Å². The summed E-state index contributed by atoms with van der Waals surface area (Å²) in [5.74, 6) is 0. The summed E-state index contributed by atoms with van der Waals surface area (Å²) in [6, 6.07) is 14.4. The van der Waals surface area contributed by atoms with Gasteiger partial charge in [0.25, 0.3) is 0 Å². The Morgan fingerprint density at radius 3 is 2.52 bits per heavy atom. The molecule has 0 saturated heterocycles. The number of nitrogens with one attached hydrogen (secondary N) is 2. The van der Waals surface area contributed by atoms with Gasteiger partial charge in [-0.1, -0.05) is 30.3 Å². The predicted molar refractivity (Wildman–Crippen MR) is 83.4 cm³/mol. The molecule has 0 bridgehead atoms. The van der Waals surface area contributed by atoms with Crippen molar-refractivity contribution in [3.63, 3.8) is 0 Å². The van der Waals surface area contributed by atoms with Crippen molar-refractivity contribution in [1.82, 2.24) is 21.0 Å². The van der Waals surface area contributed by atoms with Crippen LogP contribution in [-0.2, 0) is 13.0 Å². The van der Waals surface area contributed by atoms with E-state index in [9.17, 15) is 0 Å². The van der Waals surface area contributed by atoms with E-state index in [0.29, 0.717) is 0 Å². The van der Waals surface area contributed by atoms with Crippen LogP contribution in [0.2, 0.25) is 0 Å². The van der Waals surface area contributed by atoms with Gasteiger partial charge in [0.2, 0.25) is 0 Å². The topological polar surface area (TPSA) is 40.2 Å². The fraction of sp³-hybridized carbons (Fsp3) is 0.118. The van der Waals surface area contributed by atoms with Gasteiger partial charge in [0.1, 0.15) is 0 Å². The smallest absolute Gasteiger partial charge is 0.0419 e. The SMILES string of the molecule is C1=CN(NCc2ccccc2)NC=C1Cc1ccncc1. The maximum atomic E-state index is 4.03. The standard InChI is InChI=1S/C17H18N4/c1-2-4-16(5-3-1)13-19-21-11-8-17(14-20-21)12-15-6-9-18-10-7-15/h1-11,14,19-20H,12-13H2. The fourth-order valence-corrected chi connectivity index (χ4v) is 2.13. The molecule has 0 saturated carbocycles. The monoisotopic (exact) mass is 278 g/mol. The number of rotatable bonds is 5. The van der Waals surface area contributed by atoms with E-state index in [2.05, 4.69) is 34.0 Å². The molecular weight excluding hydrogens is 260 g/mol. The molecule has 0 unspecified atom stereocenters. The number of hydrazine groups is 2. The van der Waals surface area contributed by atoms with Crippen molar-refractivity contribution in [2.75, 3.05) is 0 Å². The zero-order chi connectivity index (χ0) is 14.3. The molecule has 1 aliphatic rings. The zero-order valence-corrected chi connectivity index (χ0v) is 11.7. The molecule has 0 radical (unpaired) electrons. The fourth-order valence-electron chi connectivity index (χ4n) is 2.13. The van der Waals surface area contributed by atoms with Gasteiger partial charge in [-0.25, -0.2) is 10.5 Å². The van der Waals surface area contributed by atoms with E-state index in [1.807, 2.05) is 60.2 Å². The second kappa shape index (κ2) is 6.72. The second-order valence-corrected chi connectivity index (χ2v) is 4.89. The lowest BCUT2D eigenvalue weighted by atomic mass is 10.1. The summed E-state index contributed by atoms with van der Waals surface area (Å²) in [6.45, 7) is 0.783. The van der Waals surface area contributed by atoms with Crippen molar-refractivity contribution in [2.24, 2.45) is 0 Å². The van der Waals surface area contributed by atoms with Gasteiger partial charge in [-0.05, 0) is 41.3 Å². The molecule has 0 spiro atoms. The number of hydrogen-bond acceptors (Lipinski definition) is 4. The first-order valence-corrected chi connectivity index (χ1v) is 6.99. The average molecular weight is 278 g/mol. The minimum Gasteiger partial charge on any atom is -0.292 e. The molecular formula is C17H18N4. The third-order valence-electron chi connectivity index (χ3n) is 3.28. The van der Waals surface area contributed by atoms with Crippen LogP contribution in [-0.4, -0.2) is 10.1 Å². The quantitative estimate of drug-likeness (QED) is 0.882. The van der Waals surface area contributed by atoms with Crippen LogP contribution >= 0.6 is 0 Å². The van der Waals surface area contributed by atoms with E-state index in [1.54, 1.807) is 0 Å². The molecule has 3 rings (SSSR count). The first-order chi connectivity index (χ1) is 10.4.